The van der Waals surface area contributed by atoms with Crippen molar-refractivity contribution in [3.8, 4) is 0 Å². The molecule has 0 atom stereocenters. The molecule has 1 aliphatic rings. The minimum Gasteiger partial charge on any atom is -0.300 e. The van der Waals surface area contributed by atoms with Crippen molar-refractivity contribution >= 4 is 11.6 Å². The summed E-state index contributed by atoms with van der Waals surface area (Å²) in [6.07, 6.45) is -3.87. The molecule has 2 aromatic rings. The summed E-state index contributed by atoms with van der Waals surface area (Å²) in [6.45, 7) is 4.97. The van der Waals surface area contributed by atoms with Crippen LogP contribution in [0.4, 0.5) is 13.2 Å². The van der Waals surface area contributed by atoms with Gasteiger partial charge in [0.1, 0.15) is 0 Å². The van der Waals surface area contributed by atoms with Crippen LogP contribution in [-0.2, 0) is 19.1 Å². The van der Waals surface area contributed by atoms with Gasteiger partial charge in [-0.3, -0.25) is 4.90 Å². The number of alkyl halides is 3. The summed E-state index contributed by atoms with van der Waals surface area (Å²) in [5, 5.41) is 0.777. The maximum atomic E-state index is 13.1. The van der Waals surface area contributed by atoms with Crippen LogP contribution < -0.4 is 0 Å². The van der Waals surface area contributed by atoms with Gasteiger partial charge >= 0.3 is 6.18 Å². The van der Waals surface area contributed by atoms with Crippen LogP contribution in [-0.4, -0.2) is 42.5 Å². The van der Waals surface area contributed by atoms with Crippen molar-refractivity contribution in [3.63, 3.8) is 0 Å². The maximum Gasteiger partial charge on any atom is 0.416 e. The van der Waals surface area contributed by atoms with Crippen LogP contribution in [0, 0.1) is 0 Å². The Morgan fingerprint density at radius 1 is 0.808 bits per heavy atom. The molecule has 0 bridgehead atoms. The lowest BCUT2D eigenvalue weighted by atomic mass is 10.0. The van der Waals surface area contributed by atoms with E-state index >= 15 is 0 Å². The van der Waals surface area contributed by atoms with E-state index in [4.69, 9.17) is 11.6 Å². The van der Waals surface area contributed by atoms with Crippen LogP contribution in [0.2, 0.25) is 5.02 Å². The number of nitrogens with zero attached hydrogens (tertiary/aromatic N) is 2. The molecule has 140 valence electrons. The molecule has 0 amide bonds. The van der Waals surface area contributed by atoms with Crippen LogP contribution >= 0.6 is 11.6 Å². The van der Waals surface area contributed by atoms with E-state index in [9.17, 15) is 13.2 Å². The lowest BCUT2D eigenvalue weighted by Gasteiger charge is -2.35. The Morgan fingerprint density at radius 3 is 2.04 bits per heavy atom. The minimum atomic E-state index is -4.29. The molecule has 6 heteroatoms. The predicted molar refractivity (Wildman–Crippen MR) is 98.3 cm³/mol. The molecule has 0 spiro atoms. The normalized spacial score (nSPS) is 16.8. The molecule has 3 rings (SSSR count). The summed E-state index contributed by atoms with van der Waals surface area (Å²) in [6, 6.07) is 13.7. The third-order valence-corrected chi connectivity index (χ3v) is 5.21. The molecule has 0 radical (unpaired) electrons. The fraction of sp³-hybridized carbons (Fsp3) is 0.400. The molecule has 0 aromatic heterocycles. The number of hydrogen-bond donors (Lipinski definition) is 0. The highest BCUT2D eigenvalue weighted by Gasteiger charge is 2.32. The van der Waals surface area contributed by atoms with E-state index < -0.39 is 11.7 Å². The second-order valence-corrected chi connectivity index (χ2v) is 7.02. The summed E-state index contributed by atoms with van der Waals surface area (Å²) in [5.74, 6) is 0. The average molecular weight is 383 g/mol. The van der Waals surface area contributed by atoms with E-state index in [1.807, 2.05) is 24.3 Å². The standard InChI is InChI=1S/C20H22ClF3N2/c21-19-8-4-2-6-17(19)15-26-13-11-25(12-14-26)10-9-16-5-1-3-7-18(16)20(22,23)24/h1-8H,9-15H2. The average Bonchev–Trinajstić information content (AvgIpc) is 2.62. The van der Waals surface area contributed by atoms with Crippen molar-refractivity contribution in [1.82, 2.24) is 9.80 Å². The number of benzene rings is 2. The molecule has 2 nitrogen and oxygen atoms in total. The molecule has 1 aliphatic heterocycles. The van der Waals surface area contributed by atoms with Crippen molar-refractivity contribution in [2.24, 2.45) is 0 Å². The van der Waals surface area contributed by atoms with Gasteiger partial charge in [0.25, 0.3) is 0 Å². The zero-order valence-corrected chi connectivity index (χ0v) is 15.2. The van der Waals surface area contributed by atoms with Crippen LogP contribution in [0.5, 0.6) is 0 Å². The topological polar surface area (TPSA) is 6.48 Å². The molecule has 1 saturated heterocycles. The van der Waals surface area contributed by atoms with Crippen LogP contribution in [0.25, 0.3) is 0 Å². The van der Waals surface area contributed by atoms with Crippen molar-refractivity contribution in [1.29, 1.82) is 0 Å². The zero-order valence-electron chi connectivity index (χ0n) is 14.5. The smallest absolute Gasteiger partial charge is 0.300 e. The number of halogens is 4. The van der Waals surface area contributed by atoms with Crippen molar-refractivity contribution < 1.29 is 13.2 Å². The van der Waals surface area contributed by atoms with Gasteiger partial charge in [-0.25, -0.2) is 0 Å². The first kappa shape index (κ1) is 19.2. The van der Waals surface area contributed by atoms with Gasteiger partial charge < -0.3 is 4.90 Å². The fourth-order valence-corrected chi connectivity index (χ4v) is 3.53. The molecule has 0 unspecified atom stereocenters. The van der Waals surface area contributed by atoms with Gasteiger partial charge in [0.2, 0.25) is 0 Å². The third kappa shape index (κ3) is 5.00. The summed E-state index contributed by atoms with van der Waals surface area (Å²) >= 11 is 6.21. The molecular formula is C20H22ClF3N2. The lowest BCUT2D eigenvalue weighted by Crippen LogP contribution is -2.46. The molecular weight excluding hydrogens is 361 g/mol. The Morgan fingerprint density at radius 2 is 1.38 bits per heavy atom. The first-order valence-corrected chi connectivity index (χ1v) is 9.14. The lowest BCUT2D eigenvalue weighted by molar-refractivity contribution is -0.138. The Kier molecular flexibility index (Phi) is 6.22. The van der Waals surface area contributed by atoms with Gasteiger partial charge in [-0.05, 0) is 29.7 Å². The molecule has 26 heavy (non-hydrogen) atoms. The molecule has 0 aliphatic carbocycles. The second kappa shape index (κ2) is 8.42. The predicted octanol–water partition coefficient (Wildman–Crippen LogP) is 4.72. The highest BCUT2D eigenvalue weighted by Crippen LogP contribution is 2.32. The summed E-state index contributed by atoms with van der Waals surface area (Å²) in [4.78, 5) is 4.57. The van der Waals surface area contributed by atoms with Crippen molar-refractivity contribution in [2.75, 3.05) is 32.7 Å². The first-order valence-electron chi connectivity index (χ1n) is 8.77. The summed E-state index contributed by atoms with van der Waals surface area (Å²) in [7, 11) is 0. The highest BCUT2D eigenvalue weighted by atomic mass is 35.5. The summed E-state index contributed by atoms with van der Waals surface area (Å²) in [5.41, 5.74) is 0.970. The fourth-order valence-electron chi connectivity index (χ4n) is 3.33. The van der Waals surface area contributed by atoms with E-state index in [-0.39, 0.29) is 0 Å². The van der Waals surface area contributed by atoms with Crippen LogP contribution in [0.3, 0.4) is 0 Å². The largest absolute Gasteiger partial charge is 0.416 e. The van der Waals surface area contributed by atoms with E-state index in [2.05, 4.69) is 9.80 Å². The summed E-state index contributed by atoms with van der Waals surface area (Å²) < 4.78 is 39.2. The molecule has 2 aromatic carbocycles. The van der Waals surface area contributed by atoms with Crippen LogP contribution in [0.1, 0.15) is 16.7 Å². The molecule has 1 heterocycles. The van der Waals surface area contributed by atoms with Crippen molar-refractivity contribution in [2.45, 2.75) is 19.1 Å². The monoisotopic (exact) mass is 382 g/mol. The van der Waals surface area contributed by atoms with Gasteiger partial charge in [-0.2, -0.15) is 13.2 Å². The Bertz CT molecular complexity index is 725. The van der Waals surface area contributed by atoms with Gasteiger partial charge in [-0.1, -0.05) is 48.0 Å². The quantitative estimate of drug-likeness (QED) is 0.738. The Hall–Kier alpha value is -1.56. The highest BCUT2D eigenvalue weighted by molar-refractivity contribution is 6.31. The van der Waals surface area contributed by atoms with Gasteiger partial charge in [0, 0.05) is 44.3 Å². The van der Waals surface area contributed by atoms with E-state index in [1.165, 1.54) is 6.07 Å². The minimum absolute atomic E-state index is 0.374. The zero-order chi connectivity index (χ0) is 18.6. The number of rotatable bonds is 5. The van der Waals surface area contributed by atoms with Gasteiger partial charge in [0.15, 0.2) is 0 Å². The number of piperazine rings is 1. The second-order valence-electron chi connectivity index (χ2n) is 6.61. The Balaban J connectivity index is 1.50. The van der Waals surface area contributed by atoms with E-state index in [1.54, 1.807) is 12.1 Å². The molecule has 0 saturated carbocycles. The maximum absolute atomic E-state index is 13.1. The third-order valence-electron chi connectivity index (χ3n) is 4.84. The van der Waals surface area contributed by atoms with Crippen molar-refractivity contribution in [3.05, 3.63) is 70.2 Å². The van der Waals surface area contributed by atoms with E-state index in [0.29, 0.717) is 18.5 Å². The first-order chi connectivity index (χ1) is 12.4. The molecule has 0 N–H and O–H groups in total. The SMILES string of the molecule is FC(F)(F)c1ccccc1CCN1CCN(Cc2ccccc2Cl)CC1. The van der Waals surface area contributed by atoms with Gasteiger partial charge in [-0.15, -0.1) is 0 Å². The van der Waals surface area contributed by atoms with Crippen LogP contribution in [0.15, 0.2) is 48.5 Å². The Labute approximate surface area is 157 Å². The molecule has 1 fully saturated rings. The van der Waals surface area contributed by atoms with Gasteiger partial charge in [0.05, 0.1) is 5.56 Å². The number of hydrogen-bond acceptors (Lipinski definition) is 2. The van der Waals surface area contributed by atoms with E-state index in [0.717, 1.165) is 49.4 Å².